The number of benzene rings is 3. The summed E-state index contributed by atoms with van der Waals surface area (Å²) in [6, 6.07) is 16.2. The van der Waals surface area contributed by atoms with Gasteiger partial charge in [0.25, 0.3) is 5.91 Å². The summed E-state index contributed by atoms with van der Waals surface area (Å²) in [4.78, 5) is 12.2. The number of hydrogen-bond donors (Lipinski definition) is 1. The lowest BCUT2D eigenvalue weighted by Gasteiger charge is -2.14. The van der Waals surface area contributed by atoms with Gasteiger partial charge in [-0.25, -0.2) is 9.82 Å². The molecule has 0 saturated heterocycles. The van der Waals surface area contributed by atoms with Gasteiger partial charge >= 0.3 is 0 Å². The van der Waals surface area contributed by atoms with E-state index in [1.165, 1.54) is 18.3 Å². The molecule has 0 saturated carbocycles. The van der Waals surface area contributed by atoms with Gasteiger partial charge in [-0.2, -0.15) is 10.4 Å². The van der Waals surface area contributed by atoms with Gasteiger partial charge in [-0.15, -0.1) is 0 Å². The van der Waals surface area contributed by atoms with Crippen LogP contribution in [-0.2, 0) is 6.61 Å². The Bertz CT molecular complexity index is 1230. The van der Waals surface area contributed by atoms with E-state index in [4.69, 9.17) is 26.3 Å². The minimum atomic E-state index is -0.802. The zero-order valence-electron chi connectivity index (χ0n) is 17.4. The van der Waals surface area contributed by atoms with Gasteiger partial charge in [0, 0.05) is 15.1 Å². The molecule has 33 heavy (non-hydrogen) atoms. The van der Waals surface area contributed by atoms with Gasteiger partial charge in [-0.05, 0) is 70.9 Å². The van der Waals surface area contributed by atoms with Crippen LogP contribution >= 0.6 is 27.5 Å². The third-order valence-electron chi connectivity index (χ3n) is 4.38. The molecule has 0 bridgehead atoms. The average molecular weight is 531 g/mol. The van der Waals surface area contributed by atoms with E-state index in [0.29, 0.717) is 39.8 Å². The maximum atomic E-state index is 14.0. The monoisotopic (exact) mass is 529 g/mol. The standard InChI is InChI=1S/C24H18BrClFN3O3/c1-2-32-22-10-17(13-29-30-24(31)19-8-5-16(12-28)9-21(19)27)20(25)11-23(22)33-14-15-3-6-18(26)7-4-15/h3-11,13H,2,14H2,1H3,(H,30,31)/b29-13-. The molecule has 0 spiro atoms. The van der Waals surface area contributed by atoms with Crippen LogP contribution in [0.25, 0.3) is 0 Å². The Morgan fingerprint density at radius 2 is 1.91 bits per heavy atom. The molecule has 0 aliphatic rings. The first kappa shape index (κ1) is 24.2. The van der Waals surface area contributed by atoms with Gasteiger partial charge in [0.2, 0.25) is 0 Å². The molecule has 168 valence electrons. The van der Waals surface area contributed by atoms with Crippen molar-refractivity contribution >= 4 is 39.7 Å². The van der Waals surface area contributed by atoms with Crippen LogP contribution in [0.5, 0.6) is 11.5 Å². The molecule has 0 aromatic heterocycles. The topological polar surface area (TPSA) is 83.7 Å². The van der Waals surface area contributed by atoms with Crippen molar-refractivity contribution in [2.24, 2.45) is 5.10 Å². The number of nitrogens with one attached hydrogen (secondary N) is 1. The second-order valence-corrected chi connectivity index (χ2v) is 7.96. The van der Waals surface area contributed by atoms with E-state index in [9.17, 15) is 9.18 Å². The number of nitriles is 1. The lowest BCUT2D eigenvalue weighted by Crippen LogP contribution is -2.19. The first-order valence-electron chi connectivity index (χ1n) is 9.78. The predicted octanol–water partition coefficient (Wildman–Crippen LogP) is 5.85. The first-order valence-corrected chi connectivity index (χ1v) is 10.9. The van der Waals surface area contributed by atoms with Crippen LogP contribution in [-0.4, -0.2) is 18.7 Å². The molecule has 3 aromatic carbocycles. The number of nitrogens with zero attached hydrogens (tertiary/aromatic N) is 2. The Morgan fingerprint density at radius 1 is 1.18 bits per heavy atom. The van der Waals surface area contributed by atoms with Gasteiger partial charge in [0.1, 0.15) is 12.4 Å². The number of carbonyl (C=O) groups excluding carboxylic acids is 1. The lowest BCUT2D eigenvalue weighted by molar-refractivity contribution is 0.0951. The smallest absolute Gasteiger partial charge is 0.274 e. The SMILES string of the molecule is CCOc1cc(/C=N\NC(=O)c2ccc(C#N)cc2F)c(Br)cc1OCc1ccc(Cl)cc1. The van der Waals surface area contributed by atoms with Crippen molar-refractivity contribution in [2.45, 2.75) is 13.5 Å². The summed E-state index contributed by atoms with van der Waals surface area (Å²) in [6.07, 6.45) is 1.40. The Balaban J connectivity index is 1.72. The Labute approximate surface area is 203 Å². The molecule has 0 fully saturated rings. The predicted molar refractivity (Wildman–Crippen MR) is 127 cm³/mol. The van der Waals surface area contributed by atoms with Gasteiger partial charge in [0.15, 0.2) is 11.5 Å². The zero-order chi connectivity index (χ0) is 23.8. The van der Waals surface area contributed by atoms with Crippen LogP contribution in [0.4, 0.5) is 4.39 Å². The number of halogens is 3. The highest BCUT2D eigenvalue weighted by atomic mass is 79.9. The van der Waals surface area contributed by atoms with Crippen molar-refractivity contribution in [3.63, 3.8) is 0 Å². The minimum absolute atomic E-state index is 0.123. The number of carbonyl (C=O) groups is 1. The fraction of sp³-hybridized carbons (Fsp3) is 0.125. The molecule has 0 aliphatic heterocycles. The molecular formula is C24H18BrClFN3O3. The molecule has 0 aliphatic carbocycles. The van der Waals surface area contributed by atoms with E-state index in [1.54, 1.807) is 24.3 Å². The van der Waals surface area contributed by atoms with Crippen LogP contribution in [0.15, 0.2) is 64.2 Å². The highest BCUT2D eigenvalue weighted by Crippen LogP contribution is 2.34. The van der Waals surface area contributed by atoms with Crippen LogP contribution in [0.3, 0.4) is 0 Å². The van der Waals surface area contributed by atoms with Crippen molar-refractivity contribution in [1.29, 1.82) is 5.26 Å². The highest BCUT2D eigenvalue weighted by Gasteiger charge is 2.13. The van der Waals surface area contributed by atoms with Gasteiger partial charge in [-0.1, -0.05) is 23.7 Å². The molecule has 0 heterocycles. The Kier molecular flexibility index (Phi) is 8.41. The number of amides is 1. The van der Waals surface area contributed by atoms with E-state index in [1.807, 2.05) is 25.1 Å². The maximum Gasteiger partial charge on any atom is 0.274 e. The molecule has 9 heteroatoms. The van der Waals surface area contributed by atoms with Crippen LogP contribution in [0, 0.1) is 17.1 Å². The second kappa shape index (κ2) is 11.5. The molecule has 0 unspecified atom stereocenters. The number of ether oxygens (including phenoxy) is 2. The van der Waals surface area contributed by atoms with Crippen molar-refractivity contribution in [3.8, 4) is 17.6 Å². The summed E-state index contributed by atoms with van der Waals surface area (Å²) >= 11 is 9.37. The average Bonchev–Trinajstić information content (AvgIpc) is 2.80. The molecule has 3 aromatic rings. The first-order chi connectivity index (χ1) is 15.9. The summed E-state index contributed by atoms with van der Waals surface area (Å²) in [5.41, 5.74) is 3.74. The van der Waals surface area contributed by atoms with Crippen LogP contribution in [0.1, 0.15) is 34.0 Å². The quantitative estimate of drug-likeness (QED) is 0.292. The van der Waals surface area contributed by atoms with Gasteiger partial charge in [0.05, 0.1) is 30.0 Å². The van der Waals surface area contributed by atoms with Gasteiger partial charge in [-0.3, -0.25) is 4.79 Å². The minimum Gasteiger partial charge on any atom is -0.490 e. The molecule has 1 amide bonds. The van der Waals surface area contributed by atoms with Crippen molar-refractivity contribution in [2.75, 3.05) is 6.61 Å². The van der Waals surface area contributed by atoms with Crippen molar-refractivity contribution in [3.05, 3.63) is 92.2 Å². The number of hydrogen-bond acceptors (Lipinski definition) is 5. The summed E-state index contributed by atoms with van der Waals surface area (Å²) in [5, 5.41) is 13.3. The fourth-order valence-corrected chi connectivity index (χ4v) is 3.31. The van der Waals surface area contributed by atoms with E-state index >= 15 is 0 Å². The molecule has 6 nitrogen and oxygen atoms in total. The number of hydrazone groups is 1. The third kappa shape index (κ3) is 6.54. The molecule has 3 rings (SSSR count). The van der Waals surface area contributed by atoms with Crippen molar-refractivity contribution in [1.82, 2.24) is 5.43 Å². The van der Waals surface area contributed by atoms with Crippen molar-refractivity contribution < 1.29 is 18.7 Å². The molecule has 1 N–H and O–H groups in total. The maximum absolute atomic E-state index is 14.0. The summed E-state index contributed by atoms with van der Waals surface area (Å²) < 4.78 is 26.2. The van der Waals surface area contributed by atoms with Crippen LogP contribution < -0.4 is 14.9 Å². The van der Waals surface area contributed by atoms with E-state index in [0.717, 1.165) is 11.6 Å². The molecule has 0 atom stereocenters. The second-order valence-electron chi connectivity index (χ2n) is 6.67. The third-order valence-corrected chi connectivity index (χ3v) is 5.32. The lowest BCUT2D eigenvalue weighted by atomic mass is 10.1. The summed E-state index contributed by atoms with van der Waals surface area (Å²) in [6.45, 7) is 2.60. The number of rotatable bonds is 8. The Hall–Kier alpha value is -3.41. The summed E-state index contributed by atoms with van der Waals surface area (Å²) in [5.74, 6) is -0.513. The summed E-state index contributed by atoms with van der Waals surface area (Å²) in [7, 11) is 0. The molecule has 0 radical (unpaired) electrons. The normalized spacial score (nSPS) is 10.6. The highest BCUT2D eigenvalue weighted by molar-refractivity contribution is 9.10. The molecular weight excluding hydrogens is 513 g/mol. The van der Waals surface area contributed by atoms with E-state index in [2.05, 4.69) is 26.5 Å². The zero-order valence-corrected chi connectivity index (χ0v) is 19.8. The van der Waals surface area contributed by atoms with E-state index < -0.39 is 11.7 Å². The fourth-order valence-electron chi connectivity index (χ4n) is 2.76. The Morgan fingerprint density at radius 3 is 2.58 bits per heavy atom. The van der Waals surface area contributed by atoms with Crippen LogP contribution in [0.2, 0.25) is 5.02 Å². The van der Waals surface area contributed by atoms with Gasteiger partial charge < -0.3 is 9.47 Å². The largest absolute Gasteiger partial charge is 0.490 e. The van der Waals surface area contributed by atoms with E-state index in [-0.39, 0.29) is 11.1 Å².